The van der Waals surface area contributed by atoms with Gasteiger partial charge in [0.25, 0.3) is 0 Å². The monoisotopic (exact) mass is 397 g/mol. The minimum absolute atomic E-state index is 0.610. The van der Waals surface area contributed by atoms with E-state index in [2.05, 4.69) is 72.5 Å². The number of aromatic nitrogens is 2. The maximum atomic E-state index is 3.29. The molecule has 162 valence electrons. The average Bonchev–Trinajstić information content (AvgIpc) is 3.27. The van der Waals surface area contributed by atoms with Gasteiger partial charge < -0.3 is 0 Å². The summed E-state index contributed by atoms with van der Waals surface area (Å²) < 4.78 is 2.46. The van der Waals surface area contributed by atoms with Gasteiger partial charge in [-0.2, -0.15) is 0 Å². The molecule has 0 fully saturated rings. The first-order valence-corrected chi connectivity index (χ1v) is 12.4. The number of nitrogens with one attached hydrogen (secondary N) is 1. The first-order valence-electron chi connectivity index (χ1n) is 12.4. The van der Waals surface area contributed by atoms with Crippen molar-refractivity contribution in [3.63, 3.8) is 0 Å². The predicted molar refractivity (Wildman–Crippen MR) is 125 cm³/mol. The van der Waals surface area contributed by atoms with Crippen molar-refractivity contribution in [2.75, 3.05) is 0 Å². The standard InChI is InChI=1S/C27H44N2/c1-3-5-7-8-9-10-11-16-20-27(29-22-21-28-24-29)26(19-13-6-4-2)23-25-17-14-12-15-18-25/h12,14-15,17-18,21-22,24,26-27H,3-11,13,16,19-20,23H2,1-2H3/p+1. The van der Waals surface area contributed by atoms with Gasteiger partial charge in [0, 0.05) is 5.92 Å². The number of imidazole rings is 1. The lowest BCUT2D eigenvalue weighted by molar-refractivity contribution is -0.730. The second-order valence-corrected chi connectivity index (χ2v) is 8.84. The van der Waals surface area contributed by atoms with Crippen LogP contribution in [0.3, 0.4) is 0 Å². The lowest BCUT2D eigenvalue weighted by Gasteiger charge is -2.25. The minimum atomic E-state index is 0.610. The van der Waals surface area contributed by atoms with Crippen molar-refractivity contribution in [1.29, 1.82) is 0 Å². The highest BCUT2D eigenvalue weighted by molar-refractivity contribution is 5.15. The Morgan fingerprint density at radius 2 is 1.38 bits per heavy atom. The van der Waals surface area contributed by atoms with Crippen molar-refractivity contribution < 1.29 is 4.57 Å². The van der Waals surface area contributed by atoms with Gasteiger partial charge in [0.1, 0.15) is 18.4 Å². The molecule has 2 rings (SSSR count). The number of H-pyrrole nitrogens is 1. The summed E-state index contributed by atoms with van der Waals surface area (Å²) in [5, 5.41) is 0. The fourth-order valence-electron chi connectivity index (χ4n) is 4.63. The summed E-state index contributed by atoms with van der Waals surface area (Å²) in [5.74, 6) is 0.717. The van der Waals surface area contributed by atoms with E-state index in [1.165, 1.54) is 95.5 Å². The predicted octanol–water partition coefficient (Wildman–Crippen LogP) is 7.81. The van der Waals surface area contributed by atoms with Crippen LogP contribution in [0.4, 0.5) is 0 Å². The SMILES string of the molecule is CCCCCCCCCCC(C(CCCCC)Cc1ccccc1)[n+]1cc[nH]c1. The van der Waals surface area contributed by atoms with E-state index in [-0.39, 0.29) is 0 Å². The fourth-order valence-corrected chi connectivity index (χ4v) is 4.63. The third-order valence-electron chi connectivity index (χ3n) is 6.37. The third-order valence-corrected chi connectivity index (χ3v) is 6.37. The van der Waals surface area contributed by atoms with Crippen molar-refractivity contribution in [2.24, 2.45) is 5.92 Å². The summed E-state index contributed by atoms with van der Waals surface area (Å²) in [6, 6.07) is 11.7. The van der Waals surface area contributed by atoms with Crippen LogP contribution >= 0.6 is 0 Å². The lowest BCUT2D eigenvalue weighted by Crippen LogP contribution is -2.42. The highest BCUT2D eigenvalue weighted by Gasteiger charge is 2.26. The molecule has 2 heteroatoms. The number of hydrogen-bond acceptors (Lipinski definition) is 0. The van der Waals surface area contributed by atoms with Gasteiger partial charge in [0.15, 0.2) is 0 Å². The van der Waals surface area contributed by atoms with Gasteiger partial charge >= 0.3 is 0 Å². The summed E-state index contributed by atoms with van der Waals surface area (Å²) in [5.41, 5.74) is 1.49. The van der Waals surface area contributed by atoms with Crippen LogP contribution in [0.5, 0.6) is 0 Å². The minimum Gasteiger partial charge on any atom is -0.250 e. The molecule has 2 nitrogen and oxygen atoms in total. The van der Waals surface area contributed by atoms with Gasteiger partial charge in [0.2, 0.25) is 6.33 Å². The van der Waals surface area contributed by atoms with Gasteiger partial charge in [-0.1, -0.05) is 108 Å². The average molecular weight is 398 g/mol. The molecule has 1 N–H and O–H groups in total. The molecule has 0 saturated carbocycles. The number of unbranched alkanes of at least 4 members (excludes halogenated alkanes) is 9. The van der Waals surface area contributed by atoms with Crippen LogP contribution < -0.4 is 4.57 Å². The Bertz CT molecular complexity index is 590. The molecule has 0 aliphatic carbocycles. The van der Waals surface area contributed by atoms with E-state index in [9.17, 15) is 0 Å². The Morgan fingerprint density at radius 1 is 0.759 bits per heavy atom. The van der Waals surface area contributed by atoms with Gasteiger partial charge in [-0.05, 0) is 31.2 Å². The Hall–Kier alpha value is -1.57. The Kier molecular flexibility index (Phi) is 12.5. The quantitative estimate of drug-likeness (QED) is 0.207. The van der Waals surface area contributed by atoms with Crippen LogP contribution in [0.15, 0.2) is 49.1 Å². The van der Waals surface area contributed by atoms with Crippen LogP contribution in [0.1, 0.15) is 109 Å². The van der Waals surface area contributed by atoms with Gasteiger partial charge in [-0.3, -0.25) is 4.98 Å². The molecule has 0 aliphatic rings. The van der Waals surface area contributed by atoms with Crippen molar-refractivity contribution >= 4 is 0 Å². The molecule has 29 heavy (non-hydrogen) atoms. The van der Waals surface area contributed by atoms with Crippen molar-refractivity contribution in [2.45, 2.75) is 110 Å². The van der Waals surface area contributed by atoms with Gasteiger partial charge in [0.05, 0.1) is 0 Å². The zero-order valence-electron chi connectivity index (χ0n) is 19.1. The highest BCUT2D eigenvalue weighted by Crippen LogP contribution is 2.28. The molecule has 2 aromatic rings. The topological polar surface area (TPSA) is 19.7 Å². The summed E-state index contributed by atoms with van der Waals surface area (Å²) in [4.78, 5) is 3.29. The van der Waals surface area contributed by atoms with E-state index in [0.717, 1.165) is 0 Å². The van der Waals surface area contributed by atoms with Crippen molar-refractivity contribution in [3.8, 4) is 0 Å². The molecule has 1 aromatic carbocycles. The molecule has 0 radical (unpaired) electrons. The molecule has 2 unspecified atom stereocenters. The molecular weight excluding hydrogens is 352 g/mol. The Balaban J connectivity index is 1.92. The Labute approximate surface area is 180 Å². The van der Waals surface area contributed by atoms with E-state index in [4.69, 9.17) is 0 Å². The largest absolute Gasteiger partial charge is 0.250 e. The van der Waals surface area contributed by atoms with Crippen LogP contribution in [-0.4, -0.2) is 4.98 Å². The fraction of sp³-hybridized carbons (Fsp3) is 0.667. The molecule has 0 aliphatic heterocycles. The maximum Gasteiger partial charge on any atom is 0.241 e. The lowest BCUT2D eigenvalue weighted by atomic mass is 9.84. The number of rotatable bonds is 17. The second kappa shape index (κ2) is 15.3. The first kappa shape index (κ1) is 23.7. The van der Waals surface area contributed by atoms with Crippen LogP contribution in [0.2, 0.25) is 0 Å². The number of nitrogens with zero attached hydrogens (tertiary/aromatic N) is 1. The third kappa shape index (κ3) is 9.65. The molecule has 0 amide bonds. The second-order valence-electron chi connectivity index (χ2n) is 8.84. The number of aromatic amines is 1. The molecule has 2 atom stereocenters. The zero-order valence-corrected chi connectivity index (χ0v) is 19.1. The van der Waals surface area contributed by atoms with Crippen LogP contribution in [0, 0.1) is 5.92 Å². The molecule has 0 spiro atoms. The van der Waals surface area contributed by atoms with Crippen molar-refractivity contribution in [1.82, 2.24) is 4.98 Å². The normalized spacial score (nSPS) is 13.4. The Morgan fingerprint density at radius 3 is 2.03 bits per heavy atom. The first-order chi connectivity index (χ1) is 14.3. The summed E-state index contributed by atoms with van der Waals surface area (Å²) in [7, 11) is 0. The summed E-state index contributed by atoms with van der Waals surface area (Å²) in [6.45, 7) is 4.61. The number of hydrogen-bond donors (Lipinski definition) is 1. The molecule has 1 aromatic heterocycles. The van der Waals surface area contributed by atoms with E-state index in [1.807, 2.05) is 0 Å². The smallest absolute Gasteiger partial charge is 0.241 e. The van der Waals surface area contributed by atoms with E-state index in [0.29, 0.717) is 12.0 Å². The number of benzene rings is 1. The molecule has 0 saturated heterocycles. The molecular formula is C27H45N2+. The van der Waals surface area contributed by atoms with E-state index in [1.54, 1.807) is 0 Å². The van der Waals surface area contributed by atoms with Gasteiger partial charge in [-0.15, -0.1) is 0 Å². The van der Waals surface area contributed by atoms with Crippen LogP contribution in [-0.2, 0) is 6.42 Å². The maximum absolute atomic E-state index is 3.29. The van der Waals surface area contributed by atoms with E-state index < -0.39 is 0 Å². The summed E-state index contributed by atoms with van der Waals surface area (Å²) >= 11 is 0. The summed E-state index contributed by atoms with van der Waals surface area (Å²) in [6.07, 6.45) is 25.5. The molecule has 1 heterocycles. The van der Waals surface area contributed by atoms with E-state index >= 15 is 0 Å². The van der Waals surface area contributed by atoms with Crippen LogP contribution in [0.25, 0.3) is 0 Å². The zero-order chi connectivity index (χ0) is 20.6. The van der Waals surface area contributed by atoms with Gasteiger partial charge in [-0.25, -0.2) is 4.57 Å². The molecule has 0 bridgehead atoms. The highest BCUT2D eigenvalue weighted by atomic mass is 15.1. The van der Waals surface area contributed by atoms with Crippen molar-refractivity contribution in [3.05, 3.63) is 54.6 Å².